The molecule has 0 unspecified atom stereocenters. The van der Waals surface area contributed by atoms with Gasteiger partial charge in [-0.25, -0.2) is 0 Å². The van der Waals surface area contributed by atoms with Gasteiger partial charge < -0.3 is 5.21 Å². The predicted octanol–water partition coefficient (Wildman–Crippen LogP) is 0.982. The Morgan fingerprint density at radius 1 is 1.56 bits per heavy atom. The van der Waals surface area contributed by atoms with Crippen LogP contribution in [0.2, 0.25) is 0 Å². The predicted molar refractivity (Wildman–Crippen MR) is 34.7 cm³/mol. The zero-order chi connectivity index (χ0) is 7.44. The van der Waals surface area contributed by atoms with Crippen molar-refractivity contribution in [2.45, 2.75) is 13.8 Å². The van der Waals surface area contributed by atoms with Gasteiger partial charge in [0.1, 0.15) is 5.71 Å². The van der Waals surface area contributed by atoms with Gasteiger partial charge in [-0.15, -0.1) is 0 Å². The summed E-state index contributed by atoms with van der Waals surface area (Å²) >= 11 is 0. The highest BCUT2D eigenvalue weighted by Gasteiger charge is 2.05. The number of allylic oxidation sites excluding steroid dienone is 1. The molecule has 0 heterocycles. The summed E-state index contributed by atoms with van der Waals surface area (Å²) in [4.78, 5) is 10.5. The van der Waals surface area contributed by atoms with Crippen molar-refractivity contribution in [3.63, 3.8) is 0 Å². The SMILES string of the molecule is C=C(C)C(=NO)C(C)=O. The minimum Gasteiger partial charge on any atom is -0.410 e. The normalized spacial score (nSPS) is 11.1. The van der Waals surface area contributed by atoms with E-state index in [-0.39, 0.29) is 11.5 Å². The van der Waals surface area contributed by atoms with E-state index in [1.807, 2.05) is 0 Å². The molecule has 3 nitrogen and oxygen atoms in total. The van der Waals surface area contributed by atoms with Crippen LogP contribution in [0.15, 0.2) is 17.3 Å². The summed E-state index contributed by atoms with van der Waals surface area (Å²) in [5.41, 5.74) is 0.514. The van der Waals surface area contributed by atoms with Gasteiger partial charge in [-0.05, 0) is 12.5 Å². The lowest BCUT2D eigenvalue weighted by molar-refractivity contribution is -0.111. The van der Waals surface area contributed by atoms with Gasteiger partial charge in [-0.2, -0.15) is 0 Å². The zero-order valence-electron chi connectivity index (χ0n) is 5.51. The van der Waals surface area contributed by atoms with Gasteiger partial charge >= 0.3 is 0 Å². The molecule has 0 aromatic heterocycles. The highest BCUT2D eigenvalue weighted by Crippen LogP contribution is 1.92. The molecule has 0 saturated heterocycles. The van der Waals surface area contributed by atoms with Crippen LogP contribution < -0.4 is 0 Å². The Morgan fingerprint density at radius 3 is 2.00 bits per heavy atom. The van der Waals surface area contributed by atoms with E-state index in [4.69, 9.17) is 5.21 Å². The van der Waals surface area contributed by atoms with E-state index in [0.29, 0.717) is 5.57 Å². The molecule has 0 aliphatic heterocycles. The molecule has 0 amide bonds. The highest BCUT2D eigenvalue weighted by molar-refractivity contribution is 6.44. The van der Waals surface area contributed by atoms with Crippen molar-refractivity contribution < 1.29 is 10.0 Å². The number of rotatable bonds is 2. The fourth-order valence-corrected chi connectivity index (χ4v) is 0.456. The van der Waals surface area contributed by atoms with Gasteiger partial charge in [0.25, 0.3) is 0 Å². The van der Waals surface area contributed by atoms with E-state index in [0.717, 1.165) is 0 Å². The van der Waals surface area contributed by atoms with E-state index < -0.39 is 0 Å². The molecule has 0 aliphatic carbocycles. The molecule has 0 radical (unpaired) electrons. The van der Waals surface area contributed by atoms with Gasteiger partial charge in [-0.3, -0.25) is 4.79 Å². The third kappa shape index (κ3) is 2.08. The van der Waals surface area contributed by atoms with Crippen molar-refractivity contribution in [3.8, 4) is 0 Å². The lowest BCUT2D eigenvalue weighted by Crippen LogP contribution is -2.10. The molecule has 0 spiro atoms. The Kier molecular flexibility index (Phi) is 2.64. The molecular formula is C6H9NO2. The average Bonchev–Trinajstić information content (AvgIpc) is 1.64. The van der Waals surface area contributed by atoms with Crippen LogP contribution in [0.25, 0.3) is 0 Å². The number of nitrogens with zero attached hydrogens (tertiary/aromatic N) is 1. The molecule has 9 heavy (non-hydrogen) atoms. The van der Waals surface area contributed by atoms with Crippen molar-refractivity contribution in [1.82, 2.24) is 0 Å². The molecule has 0 saturated carbocycles. The van der Waals surface area contributed by atoms with E-state index in [2.05, 4.69) is 11.7 Å². The first-order valence-electron chi connectivity index (χ1n) is 2.48. The summed E-state index contributed by atoms with van der Waals surface area (Å²) < 4.78 is 0. The Hall–Kier alpha value is -1.12. The van der Waals surface area contributed by atoms with Crippen molar-refractivity contribution in [2.24, 2.45) is 5.16 Å². The minimum atomic E-state index is -0.273. The van der Waals surface area contributed by atoms with E-state index in [1.165, 1.54) is 6.92 Å². The summed E-state index contributed by atoms with van der Waals surface area (Å²) in [7, 11) is 0. The summed E-state index contributed by atoms with van der Waals surface area (Å²) in [6, 6.07) is 0. The van der Waals surface area contributed by atoms with Gasteiger partial charge in [0.05, 0.1) is 0 Å². The molecule has 3 heteroatoms. The van der Waals surface area contributed by atoms with Gasteiger partial charge in [-0.1, -0.05) is 11.7 Å². The first-order valence-corrected chi connectivity index (χ1v) is 2.48. The summed E-state index contributed by atoms with van der Waals surface area (Å²) in [5.74, 6) is -0.273. The number of ketones is 1. The van der Waals surface area contributed by atoms with E-state index >= 15 is 0 Å². The second-order valence-corrected chi connectivity index (χ2v) is 1.79. The molecule has 0 atom stereocenters. The van der Waals surface area contributed by atoms with Crippen molar-refractivity contribution in [3.05, 3.63) is 12.2 Å². The van der Waals surface area contributed by atoms with Crippen LogP contribution in [-0.2, 0) is 4.79 Å². The Bertz CT molecular complexity index is 154. The maximum Gasteiger partial charge on any atom is 0.181 e. The second kappa shape index (κ2) is 3.02. The largest absolute Gasteiger partial charge is 0.410 e. The Morgan fingerprint density at radius 2 is 2.00 bits per heavy atom. The Balaban J connectivity index is 4.38. The molecule has 0 fully saturated rings. The fourth-order valence-electron chi connectivity index (χ4n) is 0.456. The second-order valence-electron chi connectivity index (χ2n) is 1.79. The van der Waals surface area contributed by atoms with Gasteiger partial charge in [0.2, 0.25) is 0 Å². The molecule has 0 rings (SSSR count). The van der Waals surface area contributed by atoms with Crippen LogP contribution in [0, 0.1) is 0 Å². The topological polar surface area (TPSA) is 49.7 Å². The third-order valence-electron chi connectivity index (χ3n) is 0.838. The summed E-state index contributed by atoms with van der Waals surface area (Å²) in [5, 5.41) is 10.9. The number of hydrogen-bond donors (Lipinski definition) is 1. The van der Waals surface area contributed by atoms with Crippen LogP contribution in [0.1, 0.15) is 13.8 Å². The lowest BCUT2D eigenvalue weighted by Gasteiger charge is -1.94. The molecule has 0 aromatic rings. The van der Waals surface area contributed by atoms with Crippen LogP contribution in [0.3, 0.4) is 0 Å². The first kappa shape index (κ1) is 7.88. The van der Waals surface area contributed by atoms with Crippen molar-refractivity contribution >= 4 is 11.5 Å². The number of oxime groups is 1. The Labute approximate surface area is 53.7 Å². The zero-order valence-corrected chi connectivity index (χ0v) is 5.51. The lowest BCUT2D eigenvalue weighted by atomic mass is 10.1. The molecule has 50 valence electrons. The number of hydrogen-bond acceptors (Lipinski definition) is 3. The smallest absolute Gasteiger partial charge is 0.181 e. The highest BCUT2D eigenvalue weighted by atomic mass is 16.4. The monoisotopic (exact) mass is 127 g/mol. The van der Waals surface area contributed by atoms with Crippen molar-refractivity contribution in [2.75, 3.05) is 0 Å². The quantitative estimate of drug-likeness (QED) is 0.341. The summed E-state index contributed by atoms with van der Waals surface area (Å²) in [6.45, 7) is 6.37. The van der Waals surface area contributed by atoms with Crippen LogP contribution in [0.4, 0.5) is 0 Å². The molecule has 1 N–H and O–H groups in total. The third-order valence-corrected chi connectivity index (χ3v) is 0.838. The fraction of sp³-hybridized carbons (Fsp3) is 0.333. The number of carbonyl (C=O) groups excluding carboxylic acids is 1. The van der Waals surface area contributed by atoms with Crippen LogP contribution >= 0.6 is 0 Å². The van der Waals surface area contributed by atoms with Gasteiger partial charge in [0, 0.05) is 6.92 Å². The van der Waals surface area contributed by atoms with Gasteiger partial charge in [0.15, 0.2) is 5.78 Å². The first-order chi connectivity index (χ1) is 4.09. The van der Waals surface area contributed by atoms with E-state index in [1.54, 1.807) is 6.92 Å². The maximum absolute atomic E-state index is 10.5. The number of carbonyl (C=O) groups is 1. The summed E-state index contributed by atoms with van der Waals surface area (Å²) in [6.07, 6.45) is 0. The standard InChI is InChI=1S/C6H9NO2/c1-4(2)6(7-9)5(3)8/h9H,1H2,2-3H3. The van der Waals surface area contributed by atoms with Crippen LogP contribution in [0.5, 0.6) is 0 Å². The number of Topliss-reactive ketones (excluding diaryl/α,β-unsaturated/α-hetero) is 1. The molecule has 0 bridgehead atoms. The minimum absolute atomic E-state index is 0.0370. The maximum atomic E-state index is 10.5. The van der Waals surface area contributed by atoms with Crippen LogP contribution in [-0.4, -0.2) is 16.7 Å². The molecule has 0 aromatic carbocycles. The average molecular weight is 127 g/mol. The molecular weight excluding hydrogens is 118 g/mol. The molecule has 0 aliphatic rings. The van der Waals surface area contributed by atoms with E-state index in [9.17, 15) is 4.79 Å². The van der Waals surface area contributed by atoms with Crippen molar-refractivity contribution in [1.29, 1.82) is 0 Å².